The number of hydrogen-bond acceptors (Lipinski definition) is 4. The smallest absolute Gasteiger partial charge is 0.196 e. The van der Waals surface area contributed by atoms with Crippen LogP contribution in [0.1, 0.15) is 30.1 Å². The maximum atomic E-state index is 5.82. The average molecular weight is 320 g/mol. The van der Waals surface area contributed by atoms with E-state index in [1.54, 1.807) is 0 Å². The highest BCUT2D eigenvalue weighted by molar-refractivity contribution is 6.01. The van der Waals surface area contributed by atoms with E-state index in [0.717, 1.165) is 11.8 Å². The number of ether oxygens (including phenoxy) is 2. The zero-order chi connectivity index (χ0) is 16.4. The number of rotatable bonds is 4. The van der Waals surface area contributed by atoms with Crippen LogP contribution < -0.4 is 0 Å². The minimum atomic E-state index is -0.0487. The first-order valence-corrected chi connectivity index (χ1v) is 8.32. The maximum absolute atomic E-state index is 5.82. The molecule has 0 bridgehead atoms. The second kappa shape index (κ2) is 6.48. The molecule has 0 aliphatic carbocycles. The number of aliphatic imine (C=N–C) groups is 2. The molecule has 0 saturated heterocycles. The normalized spacial score (nSPS) is 22.8. The van der Waals surface area contributed by atoms with Gasteiger partial charge in [-0.05, 0) is 18.1 Å². The van der Waals surface area contributed by atoms with Crippen molar-refractivity contribution in [3.05, 3.63) is 71.8 Å². The van der Waals surface area contributed by atoms with Gasteiger partial charge in [-0.15, -0.1) is 0 Å². The van der Waals surface area contributed by atoms with E-state index in [1.807, 2.05) is 43.3 Å². The van der Waals surface area contributed by atoms with Crippen LogP contribution in [0.2, 0.25) is 0 Å². The molecule has 24 heavy (non-hydrogen) atoms. The molecular weight excluding hydrogens is 300 g/mol. The van der Waals surface area contributed by atoms with Crippen LogP contribution in [0.3, 0.4) is 0 Å². The third-order valence-corrected chi connectivity index (χ3v) is 4.45. The summed E-state index contributed by atoms with van der Waals surface area (Å²) in [7, 11) is 0. The second-order valence-electron chi connectivity index (χ2n) is 6.13. The monoisotopic (exact) mass is 320 g/mol. The fraction of sp³-hybridized carbons (Fsp3) is 0.300. The molecule has 0 unspecified atom stereocenters. The van der Waals surface area contributed by atoms with Gasteiger partial charge in [0.05, 0.1) is 0 Å². The first-order chi connectivity index (χ1) is 11.8. The van der Waals surface area contributed by atoms with Gasteiger partial charge in [0.1, 0.15) is 31.2 Å². The lowest BCUT2D eigenvalue weighted by atomic mass is 10.1. The van der Waals surface area contributed by atoms with Crippen molar-refractivity contribution in [3.8, 4) is 0 Å². The fourth-order valence-corrected chi connectivity index (χ4v) is 3.06. The quantitative estimate of drug-likeness (QED) is 0.855. The Labute approximate surface area is 141 Å². The molecule has 4 nitrogen and oxygen atoms in total. The van der Waals surface area contributed by atoms with Crippen LogP contribution in [0.5, 0.6) is 0 Å². The Kier molecular flexibility index (Phi) is 4.03. The molecule has 0 amide bonds. The lowest BCUT2D eigenvalue weighted by molar-refractivity contribution is 0.287. The average Bonchev–Trinajstić information content (AvgIpc) is 3.33. The van der Waals surface area contributed by atoms with Gasteiger partial charge in [0.25, 0.3) is 0 Å². The van der Waals surface area contributed by atoms with Crippen molar-refractivity contribution in [2.24, 2.45) is 15.9 Å². The second-order valence-corrected chi connectivity index (χ2v) is 6.13. The van der Waals surface area contributed by atoms with Gasteiger partial charge in [-0.2, -0.15) is 0 Å². The summed E-state index contributed by atoms with van der Waals surface area (Å²) >= 11 is 0. The fourth-order valence-electron chi connectivity index (χ4n) is 3.06. The van der Waals surface area contributed by atoms with Crippen LogP contribution >= 0.6 is 0 Å². The molecule has 0 saturated carbocycles. The van der Waals surface area contributed by atoms with Crippen LogP contribution in [-0.2, 0) is 9.47 Å². The molecule has 2 aromatic carbocycles. The molecule has 0 N–H and O–H groups in total. The zero-order valence-corrected chi connectivity index (χ0v) is 13.6. The number of nitrogens with zero attached hydrogens (tertiary/aromatic N) is 2. The van der Waals surface area contributed by atoms with Crippen LogP contribution in [0, 0.1) is 5.92 Å². The van der Waals surface area contributed by atoms with Gasteiger partial charge < -0.3 is 9.47 Å². The van der Waals surface area contributed by atoms with E-state index in [-0.39, 0.29) is 18.0 Å². The first-order valence-electron chi connectivity index (χ1n) is 8.32. The minimum Gasteiger partial charge on any atom is -0.478 e. The SMILES string of the molecule is CC(C1=N[C@H](c2ccccc2)CO1)C1=N[C@H](c2ccccc2)CO1. The molecule has 0 spiro atoms. The Balaban J connectivity index is 1.49. The van der Waals surface area contributed by atoms with Gasteiger partial charge >= 0.3 is 0 Å². The van der Waals surface area contributed by atoms with Crippen molar-refractivity contribution in [2.45, 2.75) is 19.0 Å². The van der Waals surface area contributed by atoms with Gasteiger partial charge in [0.15, 0.2) is 11.8 Å². The van der Waals surface area contributed by atoms with Gasteiger partial charge in [-0.3, -0.25) is 0 Å². The molecule has 2 aliphatic rings. The van der Waals surface area contributed by atoms with Gasteiger partial charge in [-0.25, -0.2) is 9.98 Å². The highest BCUT2D eigenvalue weighted by atomic mass is 16.5. The summed E-state index contributed by atoms with van der Waals surface area (Å²) in [5.41, 5.74) is 2.35. The summed E-state index contributed by atoms with van der Waals surface area (Å²) in [5, 5.41) is 0. The van der Waals surface area contributed by atoms with Crippen LogP contribution in [0.15, 0.2) is 70.6 Å². The first kappa shape index (κ1) is 14.9. The van der Waals surface area contributed by atoms with Crippen LogP contribution in [-0.4, -0.2) is 25.0 Å². The van der Waals surface area contributed by atoms with Crippen molar-refractivity contribution < 1.29 is 9.47 Å². The van der Waals surface area contributed by atoms with Crippen molar-refractivity contribution in [1.82, 2.24) is 0 Å². The summed E-state index contributed by atoms with van der Waals surface area (Å²) in [5.74, 6) is 1.39. The molecule has 2 aromatic rings. The molecule has 2 aliphatic heterocycles. The largest absolute Gasteiger partial charge is 0.478 e. The number of hydrogen-bond donors (Lipinski definition) is 0. The highest BCUT2D eigenvalue weighted by Gasteiger charge is 2.32. The molecular formula is C20H20N2O2. The molecule has 4 heteroatoms. The Hall–Kier alpha value is -2.62. The van der Waals surface area contributed by atoms with Gasteiger partial charge in [0, 0.05) is 0 Å². The molecule has 2 heterocycles. The molecule has 0 aromatic heterocycles. The van der Waals surface area contributed by atoms with Crippen molar-refractivity contribution in [1.29, 1.82) is 0 Å². The van der Waals surface area contributed by atoms with E-state index in [2.05, 4.69) is 24.3 Å². The van der Waals surface area contributed by atoms with Crippen molar-refractivity contribution in [3.63, 3.8) is 0 Å². The predicted octanol–water partition coefficient (Wildman–Crippen LogP) is 3.96. The Morgan fingerprint density at radius 1 is 0.750 bits per heavy atom. The Bertz CT molecular complexity index is 690. The van der Waals surface area contributed by atoms with Crippen molar-refractivity contribution in [2.75, 3.05) is 13.2 Å². The van der Waals surface area contributed by atoms with E-state index >= 15 is 0 Å². The van der Waals surface area contributed by atoms with E-state index in [1.165, 1.54) is 11.1 Å². The lowest BCUT2D eigenvalue weighted by Gasteiger charge is -2.10. The summed E-state index contributed by atoms with van der Waals surface area (Å²) in [6.07, 6.45) is 0. The molecule has 0 radical (unpaired) electrons. The molecule has 122 valence electrons. The number of benzene rings is 2. The minimum absolute atomic E-state index is 0.0487. The van der Waals surface area contributed by atoms with E-state index in [0.29, 0.717) is 13.2 Å². The molecule has 0 fully saturated rings. The standard InChI is InChI=1S/C20H20N2O2/c1-14(19-21-17(12-23-19)15-8-4-2-5-9-15)20-22-18(13-24-20)16-10-6-3-7-11-16/h2-11,14,17-18H,12-13H2,1H3/t17-,18-/m0/s1. The Morgan fingerprint density at radius 2 is 1.17 bits per heavy atom. The summed E-state index contributed by atoms with van der Waals surface area (Å²) in [4.78, 5) is 9.47. The molecule has 4 rings (SSSR count). The van der Waals surface area contributed by atoms with Crippen molar-refractivity contribution >= 4 is 11.8 Å². The lowest BCUT2D eigenvalue weighted by Crippen LogP contribution is -2.21. The third-order valence-electron chi connectivity index (χ3n) is 4.45. The van der Waals surface area contributed by atoms with Crippen LogP contribution in [0.4, 0.5) is 0 Å². The van der Waals surface area contributed by atoms with E-state index < -0.39 is 0 Å². The van der Waals surface area contributed by atoms with Gasteiger partial charge in [-0.1, -0.05) is 60.7 Å². The topological polar surface area (TPSA) is 43.2 Å². The third kappa shape index (κ3) is 2.92. The zero-order valence-electron chi connectivity index (χ0n) is 13.6. The summed E-state index contributed by atoms with van der Waals surface area (Å²) in [6.45, 7) is 3.20. The highest BCUT2D eigenvalue weighted by Crippen LogP contribution is 2.29. The summed E-state index contributed by atoms with van der Waals surface area (Å²) < 4.78 is 11.6. The van der Waals surface area contributed by atoms with E-state index in [9.17, 15) is 0 Å². The van der Waals surface area contributed by atoms with Crippen LogP contribution in [0.25, 0.3) is 0 Å². The van der Waals surface area contributed by atoms with E-state index in [4.69, 9.17) is 19.5 Å². The summed E-state index contributed by atoms with van der Waals surface area (Å²) in [6, 6.07) is 20.6. The Morgan fingerprint density at radius 3 is 1.58 bits per heavy atom. The maximum Gasteiger partial charge on any atom is 0.196 e. The molecule has 2 atom stereocenters. The predicted molar refractivity (Wildman–Crippen MR) is 94.3 cm³/mol. The van der Waals surface area contributed by atoms with Gasteiger partial charge in [0.2, 0.25) is 0 Å².